The zero-order chi connectivity index (χ0) is 13.1. The van der Waals surface area contributed by atoms with E-state index >= 15 is 0 Å². The molecule has 3 nitrogen and oxygen atoms in total. The fraction of sp³-hybridized carbons (Fsp3) is 0.357. The summed E-state index contributed by atoms with van der Waals surface area (Å²) in [5.74, 6) is 0. The number of rotatable bonds is 4. The van der Waals surface area contributed by atoms with Gasteiger partial charge >= 0.3 is 0 Å². The molecule has 1 unspecified atom stereocenters. The van der Waals surface area contributed by atoms with Gasteiger partial charge in [0.05, 0.1) is 5.52 Å². The third-order valence-corrected chi connectivity index (χ3v) is 4.02. The predicted molar refractivity (Wildman–Crippen MR) is 77.9 cm³/mol. The van der Waals surface area contributed by atoms with Crippen molar-refractivity contribution in [2.24, 2.45) is 0 Å². The Kier molecular flexibility index (Phi) is 4.09. The summed E-state index contributed by atoms with van der Waals surface area (Å²) in [6.07, 6.45) is 0.788. The van der Waals surface area contributed by atoms with Gasteiger partial charge in [-0.3, -0.25) is 4.98 Å². The van der Waals surface area contributed by atoms with E-state index in [9.17, 15) is 0 Å². The van der Waals surface area contributed by atoms with E-state index in [0.717, 1.165) is 28.7 Å². The van der Waals surface area contributed by atoms with Crippen LogP contribution in [0, 0.1) is 6.92 Å². The number of hydrogen-bond acceptors (Lipinski definition) is 4. The first-order chi connectivity index (χ1) is 8.60. The Morgan fingerprint density at radius 2 is 2.17 bits per heavy atom. The van der Waals surface area contributed by atoms with E-state index in [0.29, 0.717) is 5.25 Å². The molecule has 0 amide bonds. The van der Waals surface area contributed by atoms with Gasteiger partial charge in [0.15, 0.2) is 0 Å². The van der Waals surface area contributed by atoms with Gasteiger partial charge in [0.25, 0.3) is 0 Å². The average Bonchev–Trinajstić information content (AvgIpc) is 2.30. The zero-order valence-electron chi connectivity index (χ0n) is 10.7. The van der Waals surface area contributed by atoms with Crippen LogP contribution in [0.2, 0.25) is 0 Å². The Hall–Kier alpha value is -1.26. The molecule has 0 radical (unpaired) electrons. The standard InChI is InChI=1S/C14H18N2OS/c1-9-7-14(18-10(2)5-6-17)12-8-11(15)3-4-13(12)16-9/h3-4,7-8,10,17H,5-6,15H2,1-2H3. The van der Waals surface area contributed by atoms with Crippen molar-refractivity contribution in [2.75, 3.05) is 12.3 Å². The number of aryl methyl sites for hydroxylation is 1. The maximum atomic E-state index is 8.98. The van der Waals surface area contributed by atoms with Gasteiger partial charge in [-0.15, -0.1) is 11.8 Å². The van der Waals surface area contributed by atoms with Crippen LogP contribution in [0.1, 0.15) is 19.0 Å². The van der Waals surface area contributed by atoms with Gasteiger partial charge in [-0.2, -0.15) is 0 Å². The van der Waals surface area contributed by atoms with E-state index in [1.165, 1.54) is 4.90 Å². The van der Waals surface area contributed by atoms with Gasteiger partial charge in [-0.05, 0) is 37.6 Å². The Morgan fingerprint density at radius 1 is 1.39 bits per heavy atom. The summed E-state index contributed by atoms with van der Waals surface area (Å²) in [7, 11) is 0. The second-order valence-corrected chi connectivity index (χ2v) is 5.96. The normalized spacial score (nSPS) is 12.8. The lowest BCUT2D eigenvalue weighted by molar-refractivity contribution is 0.289. The maximum Gasteiger partial charge on any atom is 0.0717 e. The van der Waals surface area contributed by atoms with Crippen LogP contribution in [-0.2, 0) is 0 Å². The molecular formula is C14H18N2OS. The molecule has 1 atom stereocenters. The topological polar surface area (TPSA) is 59.1 Å². The van der Waals surface area contributed by atoms with Crippen molar-refractivity contribution < 1.29 is 5.11 Å². The summed E-state index contributed by atoms with van der Waals surface area (Å²) in [6.45, 7) is 4.34. The highest BCUT2D eigenvalue weighted by Gasteiger charge is 2.09. The molecule has 1 heterocycles. The van der Waals surface area contributed by atoms with E-state index in [4.69, 9.17) is 10.8 Å². The number of fused-ring (bicyclic) bond motifs is 1. The molecule has 2 aromatic rings. The first-order valence-corrected chi connectivity index (χ1v) is 6.92. The number of aliphatic hydroxyl groups excluding tert-OH is 1. The van der Waals surface area contributed by atoms with Crippen molar-refractivity contribution >= 4 is 28.4 Å². The first-order valence-electron chi connectivity index (χ1n) is 6.04. The van der Waals surface area contributed by atoms with Crippen LogP contribution >= 0.6 is 11.8 Å². The summed E-state index contributed by atoms with van der Waals surface area (Å²) >= 11 is 1.76. The lowest BCUT2D eigenvalue weighted by Crippen LogP contribution is -2.00. The molecule has 0 aliphatic rings. The van der Waals surface area contributed by atoms with Gasteiger partial charge in [-0.1, -0.05) is 6.92 Å². The second-order valence-electron chi connectivity index (χ2n) is 4.48. The molecule has 96 valence electrons. The molecule has 3 N–H and O–H groups in total. The number of nitrogens with two attached hydrogens (primary N) is 1. The lowest BCUT2D eigenvalue weighted by atomic mass is 10.2. The first kappa shape index (κ1) is 13.2. The molecule has 1 aromatic heterocycles. The number of pyridine rings is 1. The summed E-state index contributed by atoms with van der Waals surface area (Å²) in [5.41, 5.74) is 8.58. The largest absolute Gasteiger partial charge is 0.399 e. The quantitative estimate of drug-likeness (QED) is 0.657. The van der Waals surface area contributed by atoms with Crippen LogP contribution in [0.25, 0.3) is 10.9 Å². The molecule has 0 aliphatic heterocycles. The third-order valence-electron chi connectivity index (χ3n) is 2.79. The molecule has 0 bridgehead atoms. The Bertz CT molecular complexity index is 557. The predicted octanol–water partition coefficient (Wildman–Crippen LogP) is 2.99. The zero-order valence-corrected chi connectivity index (χ0v) is 11.5. The van der Waals surface area contributed by atoms with Crippen molar-refractivity contribution in [3.8, 4) is 0 Å². The second kappa shape index (κ2) is 5.59. The van der Waals surface area contributed by atoms with Crippen LogP contribution in [0.5, 0.6) is 0 Å². The smallest absolute Gasteiger partial charge is 0.0717 e. The molecule has 0 aliphatic carbocycles. The van der Waals surface area contributed by atoms with Gasteiger partial charge in [0, 0.05) is 33.5 Å². The molecule has 1 aromatic carbocycles. The number of anilines is 1. The maximum absolute atomic E-state index is 8.98. The minimum Gasteiger partial charge on any atom is -0.399 e. The van der Waals surface area contributed by atoms with Gasteiger partial charge < -0.3 is 10.8 Å². The van der Waals surface area contributed by atoms with Crippen LogP contribution in [0.15, 0.2) is 29.2 Å². The number of hydrogen-bond donors (Lipinski definition) is 2. The fourth-order valence-electron chi connectivity index (χ4n) is 1.89. The highest BCUT2D eigenvalue weighted by Crippen LogP contribution is 2.32. The minimum atomic E-state index is 0.221. The van der Waals surface area contributed by atoms with Crippen LogP contribution < -0.4 is 5.73 Å². The lowest BCUT2D eigenvalue weighted by Gasteiger charge is -2.12. The number of nitrogen functional groups attached to an aromatic ring is 1. The van der Waals surface area contributed by atoms with Gasteiger partial charge in [-0.25, -0.2) is 0 Å². The Balaban J connectivity index is 2.44. The summed E-state index contributed by atoms with van der Waals surface area (Å²) in [5, 5.41) is 10.5. The number of thioether (sulfide) groups is 1. The van der Waals surface area contributed by atoms with E-state index in [2.05, 4.69) is 18.0 Å². The number of benzene rings is 1. The van der Waals surface area contributed by atoms with E-state index in [1.807, 2.05) is 25.1 Å². The van der Waals surface area contributed by atoms with E-state index in [1.54, 1.807) is 11.8 Å². The van der Waals surface area contributed by atoms with Crippen LogP contribution in [0.4, 0.5) is 5.69 Å². The highest BCUT2D eigenvalue weighted by molar-refractivity contribution is 8.00. The van der Waals surface area contributed by atoms with Crippen LogP contribution in [0.3, 0.4) is 0 Å². The molecule has 0 spiro atoms. The van der Waals surface area contributed by atoms with Crippen molar-refractivity contribution in [1.29, 1.82) is 0 Å². The molecule has 0 fully saturated rings. The monoisotopic (exact) mass is 262 g/mol. The summed E-state index contributed by atoms with van der Waals surface area (Å²) < 4.78 is 0. The number of aliphatic hydroxyl groups is 1. The van der Waals surface area contributed by atoms with Crippen LogP contribution in [-0.4, -0.2) is 21.9 Å². The number of nitrogens with zero attached hydrogens (tertiary/aromatic N) is 1. The third kappa shape index (κ3) is 2.94. The van der Waals surface area contributed by atoms with Crippen molar-refractivity contribution in [1.82, 2.24) is 4.98 Å². The highest BCUT2D eigenvalue weighted by atomic mass is 32.2. The molecule has 2 rings (SSSR count). The molecule has 18 heavy (non-hydrogen) atoms. The van der Waals surface area contributed by atoms with Crippen molar-refractivity contribution in [2.45, 2.75) is 30.4 Å². The minimum absolute atomic E-state index is 0.221. The van der Waals surface area contributed by atoms with Crippen molar-refractivity contribution in [3.63, 3.8) is 0 Å². The molecule has 0 saturated carbocycles. The Labute approximate surface area is 111 Å². The Morgan fingerprint density at radius 3 is 2.89 bits per heavy atom. The SMILES string of the molecule is Cc1cc(SC(C)CCO)c2cc(N)ccc2n1. The van der Waals surface area contributed by atoms with Gasteiger partial charge in [0.2, 0.25) is 0 Å². The molecular weight excluding hydrogens is 244 g/mol. The van der Waals surface area contributed by atoms with E-state index in [-0.39, 0.29) is 6.61 Å². The number of aromatic nitrogens is 1. The molecule has 0 saturated heterocycles. The van der Waals surface area contributed by atoms with Gasteiger partial charge in [0.1, 0.15) is 0 Å². The van der Waals surface area contributed by atoms with Crippen molar-refractivity contribution in [3.05, 3.63) is 30.0 Å². The molecule has 4 heteroatoms. The average molecular weight is 262 g/mol. The van der Waals surface area contributed by atoms with E-state index < -0.39 is 0 Å². The fourth-order valence-corrected chi connectivity index (χ4v) is 3.08. The summed E-state index contributed by atoms with van der Waals surface area (Å²) in [4.78, 5) is 5.70. The summed E-state index contributed by atoms with van der Waals surface area (Å²) in [6, 6.07) is 7.88.